The fourth-order valence-electron chi connectivity index (χ4n) is 1.80. The molecule has 1 saturated heterocycles. The van der Waals surface area contributed by atoms with E-state index in [1.54, 1.807) is 6.92 Å². The molecule has 0 aromatic heterocycles. The van der Waals surface area contributed by atoms with Crippen LogP contribution in [0.25, 0.3) is 0 Å². The summed E-state index contributed by atoms with van der Waals surface area (Å²) < 4.78 is 41.2. The van der Waals surface area contributed by atoms with E-state index in [2.05, 4.69) is 4.99 Å². The van der Waals surface area contributed by atoms with Crippen LogP contribution >= 0.6 is 0 Å². The lowest BCUT2D eigenvalue weighted by atomic mass is 9.87. The van der Waals surface area contributed by atoms with Crippen molar-refractivity contribution in [3.05, 3.63) is 0 Å². The monoisotopic (exact) mass is 280 g/mol. The summed E-state index contributed by atoms with van der Waals surface area (Å²) in [6.07, 6.45) is -4.60. The zero-order valence-electron chi connectivity index (χ0n) is 11.1. The van der Waals surface area contributed by atoms with Gasteiger partial charge in [0.15, 0.2) is 5.78 Å². The molecule has 110 valence electrons. The average molecular weight is 280 g/mol. The summed E-state index contributed by atoms with van der Waals surface area (Å²) in [6, 6.07) is 0. The summed E-state index contributed by atoms with van der Waals surface area (Å²) in [7, 11) is 0. The zero-order valence-corrected chi connectivity index (χ0v) is 11.1. The molecule has 7 heteroatoms. The first kappa shape index (κ1) is 15.9. The number of alkyl halides is 3. The third kappa shape index (κ3) is 4.49. The molecule has 1 fully saturated rings. The number of hydrogen-bond donors (Lipinski definition) is 0. The molecule has 0 unspecified atom stereocenters. The second kappa shape index (κ2) is 5.48. The number of epoxide rings is 1. The van der Waals surface area contributed by atoms with E-state index in [9.17, 15) is 23.1 Å². The maximum Gasteiger partial charge on any atom is 0.419 e. The smallest absolute Gasteiger partial charge is 0.419 e. The SMILES string of the molecule is CC(C)C[C@H](CN=C([O-])C(F)(F)F)C(=O)[C@@]1(C)CO1. The van der Waals surface area contributed by atoms with Gasteiger partial charge in [0.25, 0.3) is 0 Å². The Balaban J connectivity index is 2.73. The van der Waals surface area contributed by atoms with Crippen molar-refractivity contribution in [2.45, 2.75) is 39.0 Å². The largest absolute Gasteiger partial charge is 0.856 e. The van der Waals surface area contributed by atoms with Gasteiger partial charge in [0.1, 0.15) is 5.60 Å². The molecular formula is C12H17F3NO3-. The highest BCUT2D eigenvalue weighted by Crippen LogP contribution is 2.32. The summed E-state index contributed by atoms with van der Waals surface area (Å²) in [5, 5.41) is 10.7. The summed E-state index contributed by atoms with van der Waals surface area (Å²) in [5.41, 5.74) is -0.906. The number of aliphatic imine (C=N–C) groups is 1. The van der Waals surface area contributed by atoms with Crippen LogP contribution in [0.15, 0.2) is 4.99 Å². The van der Waals surface area contributed by atoms with Crippen LogP contribution in [0.3, 0.4) is 0 Å². The van der Waals surface area contributed by atoms with E-state index in [1.807, 2.05) is 13.8 Å². The van der Waals surface area contributed by atoms with Crippen molar-refractivity contribution < 1.29 is 27.8 Å². The molecule has 0 N–H and O–H groups in total. The highest BCUT2D eigenvalue weighted by atomic mass is 19.4. The first-order chi connectivity index (χ1) is 8.56. The van der Waals surface area contributed by atoms with Gasteiger partial charge in [-0.2, -0.15) is 13.2 Å². The van der Waals surface area contributed by atoms with Crippen LogP contribution in [0.1, 0.15) is 27.2 Å². The molecule has 0 spiro atoms. The molecule has 19 heavy (non-hydrogen) atoms. The maximum atomic E-state index is 12.1. The van der Waals surface area contributed by atoms with Crippen molar-refractivity contribution in [3.8, 4) is 0 Å². The minimum atomic E-state index is -4.98. The minimum absolute atomic E-state index is 0.118. The number of halogens is 3. The van der Waals surface area contributed by atoms with Crippen LogP contribution in [-0.2, 0) is 9.53 Å². The van der Waals surface area contributed by atoms with E-state index in [1.165, 1.54) is 0 Å². The van der Waals surface area contributed by atoms with Gasteiger partial charge >= 0.3 is 6.18 Å². The van der Waals surface area contributed by atoms with Crippen molar-refractivity contribution in [1.29, 1.82) is 0 Å². The van der Waals surface area contributed by atoms with E-state index in [4.69, 9.17) is 4.74 Å². The summed E-state index contributed by atoms with van der Waals surface area (Å²) in [5.74, 6) is -3.01. The van der Waals surface area contributed by atoms with Gasteiger partial charge in [-0.05, 0) is 19.3 Å². The van der Waals surface area contributed by atoms with Crippen molar-refractivity contribution in [2.75, 3.05) is 13.2 Å². The Morgan fingerprint density at radius 2 is 2.00 bits per heavy atom. The third-order valence-electron chi connectivity index (χ3n) is 2.92. The highest BCUT2D eigenvalue weighted by Gasteiger charge is 2.49. The molecule has 1 aliphatic heterocycles. The standard InChI is InChI=1S/C12H18F3NO3/c1-7(2)4-8(9(17)11(3)6-19-11)5-16-10(18)12(13,14)15/h7-8H,4-6H2,1-3H3,(H,16,18)/p-1/t8-,11-/m1/s1. The number of nitrogens with zero attached hydrogens (tertiary/aromatic N) is 1. The van der Waals surface area contributed by atoms with Crippen LogP contribution in [0, 0.1) is 11.8 Å². The number of rotatable bonds is 6. The van der Waals surface area contributed by atoms with Crippen molar-refractivity contribution in [2.24, 2.45) is 16.8 Å². The van der Waals surface area contributed by atoms with Gasteiger partial charge in [-0.3, -0.25) is 9.79 Å². The molecule has 0 aromatic rings. The number of ether oxygens (including phenoxy) is 1. The van der Waals surface area contributed by atoms with Gasteiger partial charge < -0.3 is 9.84 Å². The van der Waals surface area contributed by atoms with E-state index in [-0.39, 0.29) is 18.3 Å². The fourth-order valence-corrected chi connectivity index (χ4v) is 1.80. The Bertz CT molecular complexity index is 373. The molecular weight excluding hydrogens is 263 g/mol. The van der Waals surface area contributed by atoms with Gasteiger partial charge in [-0.25, -0.2) is 0 Å². The molecule has 1 heterocycles. The van der Waals surface area contributed by atoms with Gasteiger partial charge in [-0.1, -0.05) is 13.8 Å². The first-order valence-electron chi connectivity index (χ1n) is 6.03. The predicted molar refractivity (Wildman–Crippen MR) is 60.7 cm³/mol. The molecule has 2 atom stereocenters. The van der Waals surface area contributed by atoms with Crippen LogP contribution in [0.5, 0.6) is 0 Å². The highest BCUT2D eigenvalue weighted by molar-refractivity contribution is 5.91. The van der Waals surface area contributed by atoms with Crippen LogP contribution in [-0.4, -0.2) is 36.6 Å². The lowest BCUT2D eigenvalue weighted by Crippen LogP contribution is -2.37. The maximum absolute atomic E-state index is 12.1. The Labute approximate surface area is 109 Å². The molecule has 1 rings (SSSR count). The van der Waals surface area contributed by atoms with E-state index in [0.29, 0.717) is 6.42 Å². The lowest BCUT2D eigenvalue weighted by molar-refractivity contribution is -0.263. The van der Waals surface area contributed by atoms with Crippen LogP contribution in [0.2, 0.25) is 0 Å². The molecule has 0 aliphatic carbocycles. The normalized spacial score (nSPS) is 25.5. The number of carbonyl (C=O) groups is 1. The third-order valence-corrected chi connectivity index (χ3v) is 2.92. The Kier molecular flexibility index (Phi) is 4.60. The molecule has 4 nitrogen and oxygen atoms in total. The fraction of sp³-hybridized carbons (Fsp3) is 0.833. The molecule has 0 aromatic carbocycles. The quantitative estimate of drug-likeness (QED) is 0.419. The molecule has 1 aliphatic rings. The van der Waals surface area contributed by atoms with Crippen LogP contribution in [0.4, 0.5) is 13.2 Å². The van der Waals surface area contributed by atoms with Gasteiger partial charge in [-0.15, -0.1) is 0 Å². The molecule has 0 radical (unpaired) electrons. The van der Waals surface area contributed by atoms with Gasteiger partial charge in [0.05, 0.1) is 12.5 Å². The average Bonchev–Trinajstić information content (AvgIpc) is 3.00. The molecule has 0 saturated carbocycles. The number of carbonyl (C=O) groups excluding carboxylic acids is 1. The molecule has 0 amide bonds. The molecule has 0 bridgehead atoms. The van der Waals surface area contributed by atoms with E-state index >= 15 is 0 Å². The second-order valence-corrected chi connectivity index (χ2v) is 5.35. The first-order valence-corrected chi connectivity index (χ1v) is 6.03. The predicted octanol–water partition coefficient (Wildman–Crippen LogP) is 1.33. The summed E-state index contributed by atoms with van der Waals surface area (Å²) in [4.78, 5) is 15.0. The zero-order chi connectivity index (χ0) is 14.8. The summed E-state index contributed by atoms with van der Waals surface area (Å²) >= 11 is 0. The number of Topliss-reactive ketones (excluding diaryl/α,β-unsaturated/α-hetero) is 1. The summed E-state index contributed by atoms with van der Waals surface area (Å²) in [6.45, 7) is 5.13. The Hall–Kier alpha value is -1.11. The van der Waals surface area contributed by atoms with Crippen molar-refractivity contribution in [1.82, 2.24) is 0 Å². The van der Waals surface area contributed by atoms with Crippen LogP contribution < -0.4 is 5.11 Å². The number of ketones is 1. The lowest BCUT2D eigenvalue weighted by Gasteiger charge is -2.20. The van der Waals surface area contributed by atoms with Crippen molar-refractivity contribution in [3.63, 3.8) is 0 Å². The minimum Gasteiger partial charge on any atom is -0.856 e. The Morgan fingerprint density at radius 3 is 2.37 bits per heavy atom. The second-order valence-electron chi connectivity index (χ2n) is 5.35. The van der Waals surface area contributed by atoms with E-state index < -0.39 is 30.1 Å². The topological polar surface area (TPSA) is 65.0 Å². The Morgan fingerprint density at radius 1 is 1.47 bits per heavy atom. The van der Waals surface area contributed by atoms with E-state index in [0.717, 1.165) is 0 Å². The van der Waals surface area contributed by atoms with Crippen molar-refractivity contribution >= 4 is 11.7 Å². The number of hydrogen-bond acceptors (Lipinski definition) is 4. The van der Waals surface area contributed by atoms with Gasteiger partial charge in [0.2, 0.25) is 0 Å². The van der Waals surface area contributed by atoms with Gasteiger partial charge in [0, 0.05) is 12.5 Å².